The molecule has 0 saturated carbocycles. The molecule has 1 unspecified atom stereocenters. The van der Waals surface area contributed by atoms with Crippen molar-refractivity contribution in [2.45, 2.75) is 25.3 Å². The second kappa shape index (κ2) is 4.66. The molecule has 98 valence electrons. The predicted molar refractivity (Wildman–Crippen MR) is 75.6 cm³/mol. The van der Waals surface area contributed by atoms with Gasteiger partial charge in [-0.05, 0) is 42.8 Å². The number of allylic oxidation sites excluding steroid dienone is 1. The number of nitrogens with one attached hydrogen (secondary N) is 2. The number of rotatable bonds is 1. The van der Waals surface area contributed by atoms with E-state index in [1.165, 1.54) is 0 Å². The van der Waals surface area contributed by atoms with Gasteiger partial charge in [0.1, 0.15) is 5.75 Å². The Hall–Kier alpha value is -1.88. The minimum Gasteiger partial charge on any atom is -0.508 e. The number of hydrogen-bond acceptors (Lipinski definition) is 3. The molecule has 1 aliphatic carbocycles. The monoisotopic (exact) mass is 274 g/mol. The quantitative estimate of drug-likeness (QED) is 0.683. The van der Waals surface area contributed by atoms with Crippen LogP contribution in [0.2, 0.25) is 0 Å². The van der Waals surface area contributed by atoms with E-state index < -0.39 is 0 Å². The molecule has 1 heterocycles. The lowest BCUT2D eigenvalue weighted by molar-refractivity contribution is -0.116. The van der Waals surface area contributed by atoms with E-state index in [4.69, 9.17) is 12.2 Å². The minimum absolute atomic E-state index is 0.150. The maximum atomic E-state index is 12.2. The summed E-state index contributed by atoms with van der Waals surface area (Å²) in [4.78, 5) is 12.2. The highest BCUT2D eigenvalue weighted by Crippen LogP contribution is 2.34. The number of aromatic hydroxyl groups is 1. The molecule has 2 aliphatic rings. The first-order chi connectivity index (χ1) is 9.15. The summed E-state index contributed by atoms with van der Waals surface area (Å²) < 4.78 is 0. The molecule has 1 atom stereocenters. The van der Waals surface area contributed by atoms with Crippen LogP contribution in [0, 0.1) is 0 Å². The summed E-state index contributed by atoms with van der Waals surface area (Å²) in [6, 6.07) is 6.67. The molecule has 5 heteroatoms. The standard InChI is InChI=1S/C14H14N2O2S/c17-9-4-1-3-8(7-9)13-12-10(15-14(19)16-13)5-2-6-11(12)18/h1,3-4,7,13,17H,2,5-6H2,(H2,15,16,19). The van der Waals surface area contributed by atoms with E-state index in [9.17, 15) is 9.90 Å². The van der Waals surface area contributed by atoms with Gasteiger partial charge in [0.25, 0.3) is 0 Å². The molecule has 0 bridgehead atoms. The summed E-state index contributed by atoms with van der Waals surface area (Å²) in [7, 11) is 0. The number of carbonyl (C=O) groups excluding carboxylic acids is 1. The Morgan fingerprint density at radius 1 is 1.32 bits per heavy atom. The minimum atomic E-state index is -0.261. The third kappa shape index (κ3) is 2.21. The van der Waals surface area contributed by atoms with Gasteiger partial charge in [0.15, 0.2) is 10.9 Å². The first-order valence-electron chi connectivity index (χ1n) is 6.28. The Kier molecular flexibility index (Phi) is 2.98. The molecule has 3 N–H and O–H groups in total. The van der Waals surface area contributed by atoms with E-state index in [2.05, 4.69) is 10.6 Å². The fourth-order valence-electron chi connectivity index (χ4n) is 2.66. The lowest BCUT2D eigenvalue weighted by Gasteiger charge is -2.33. The zero-order chi connectivity index (χ0) is 13.4. The second-order valence-corrected chi connectivity index (χ2v) is 5.20. The van der Waals surface area contributed by atoms with Gasteiger partial charge >= 0.3 is 0 Å². The van der Waals surface area contributed by atoms with Gasteiger partial charge in [-0.3, -0.25) is 4.79 Å². The van der Waals surface area contributed by atoms with E-state index in [1.54, 1.807) is 18.2 Å². The molecule has 19 heavy (non-hydrogen) atoms. The van der Waals surface area contributed by atoms with Crippen LogP contribution in [0.25, 0.3) is 0 Å². The highest BCUT2D eigenvalue weighted by atomic mass is 32.1. The van der Waals surface area contributed by atoms with E-state index in [-0.39, 0.29) is 17.6 Å². The van der Waals surface area contributed by atoms with Crippen molar-refractivity contribution in [3.8, 4) is 5.75 Å². The van der Waals surface area contributed by atoms with Gasteiger partial charge in [-0.15, -0.1) is 0 Å². The number of ketones is 1. The SMILES string of the molecule is O=C1CCCC2=C1C(c1cccc(O)c1)NC(=S)N2. The Morgan fingerprint density at radius 3 is 2.95 bits per heavy atom. The molecule has 0 aromatic heterocycles. The van der Waals surface area contributed by atoms with Crippen LogP contribution < -0.4 is 10.6 Å². The third-order valence-corrected chi connectivity index (χ3v) is 3.71. The van der Waals surface area contributed by atoms with Crippen molar-refractivity contribution in [2.24, 2.45) is 0 Å². The summed E-state index contributed by atoms with van der Waals surface area (Å²) in [5, 5.41) is 16.3. The Labute approximate surface area is 116 Å². The van der Waals surface area contributed by atoms with Gasteiger partial charge in [-0.2, -0.15) is 0 Å². The number of hydrogen-bond donors (Lipinski definition) is 3. The van der Waals surface area contributed by atoms with E-state index in [0.717, 1.165) is 29.7 Å². The smallest absolute Gasteiger partial charge is 0.171 e. The van der Waals surface area contributed by atoms with E-state index in [1.807, 2.05) is 6.07 Å². The van der Waals surface area contributed by atoms with Crippen molar-refractivity contribution >= 4 is 23.1 Å². The molecule has 0 fully saturated rings. The van der Waals surface area contributed by atoms with E-state index in [0.29, 0.717) is 11.5 Å². The van der Waals surface area contributed by atoms with Crippen LogP contribution in [-0.4, -0.2) is 16.0 Å². The summed E-state index contributed by atoms with van der Waals surface area (Å²) in [5.41, 5.74) is 2.53. The molecule has 4 nitrogen and oxygen atoms in total. The molecule has 0 spiro atoms. The normalized spacial score (nSPS) is 22.6. The Bertz CT molecular complexity index is 595. The van der Waals surface area contributed by atoms with Crippen LogP contribution in [0.5, 0.6) is 5.75 Å². The van der Waals surface area contributed by atoms with Crippen molar-refractivity contribution in [1.29, 1.82) is 0 Å². The summed E-state index contributed by atoms with van der Waals surface area (Å²) >= 11 is 5.19. The Balaban J connectivity index is 2.08. The molecule has 3 rings (SSSR count). The maximum Gasteiger partial charge on any atom is 0.171 e. The van der Waals surface area contributed by atoms with Crippen LogP contribution in [0.3, 0.4) is 0 Å². The first-order valence-corrected chi connectivity index (χ1v) is 6.68. The lowest BCUT2D eigenvalue weighted by atomic mass is 9.85. The number of phenolic OH excluding ortho intramolecular Hbond substituents is 1. The molecule has 1 aromatic rings. The second-order valence-electron chi connectivity index (χ2n) is 4.80. The molecule has 0 amide bonds. The highest BCUT2D eigenvalue weighted by molar-refractivity contribution is 7.80. The van der Waals surface area contributed by atoms with Gasteiger partial charge in [0, 0.05) is 17.7 Å². The van der Waals surface area contributed by atoms with Gasteiger partial charge in [0.2, 0.25) is 0 Å². The van der Waals surface area contributed by atoms with Crippen molar-refractivity contribution in [1.82, 2.24) is 10.6 Å². The highest BCUT2D eigenvalue weighted by Gasteiger charge is 2.33. The zero-order valence-electron chi connectivity index (χ0n) is 10.3. The topological polar surface area (TPSA) is 61.4 Å². The fourth-order valence-corrected chi connectivity index (χ4v) is 2.90. The van der Waals surface area contributed by atoms with Crippen LogP contribution in [0.15, 0.2) is 35.5 Å². The summed E-state index contributed by atoms with van der Waals surface area (Å²) in [5.74, 6) is 0.339. The third-order valence-electron chi connectivity index (χ3n) is 3.49. The van der Waals surface area contributed by atoms with Crippen LogP contribution in [0.1, 0.15) is 30.9 Å². The van der Waals surface area contributed by atoms with Crippen molar-refractivity contribution in [2.75, 3.05) is 0 Å². The number of phenols is 1. The fraction of sp³-hybridized carbons (Fsp3) is 0.286. The lowest BCUT2D eigenvalue weighted by Crippen LogP contribution is -2.46. The van der Waals surface area contributed by atoms with Crippen molar-refractivity contribution in [3.05, 3.63) is 41.1 Å². The molecule has 1 aromatic carbocycles. The predicted octanol–water partition coefficient (Wildman–Crippen LogP) is 1.92. The van der Waals surface area contributed by atoms with Crippen LogP contribution >= 0.6 is 12.2 Å². The van der Waals surface area contributed by atoms with Crippen LogP contribution in [-0.2, 0) is 4.79 Å². The average molecular weight is 274 g/mol. The van der Waals surface area contributed by atoms with Gasteiger partial charge < -0.3 is 15.7 Å². The molecular weight excluding hydrogens is 260 g/mol. The van der Waals surface area contributed by atoms with Gasteiger partial charge in [-0.1, -0.05) is 12.1 Å². The van der Waals surface area contributed by atoms with Crippen LogP contribution in [0.4, 0.5) is 0 Å². The Morgan fingerprint density at radius 2 is 2.16 bits per heavy atom. The number of Topliss-reactive ketones (excluding diaryl/α,β-unsaturated/α-hetero) is 1. The maximum absolute atomic E-state index is 12.2. The van der Waals surface area contributed by atoms with E-state index >= 15 is 0 Å². The molecule has 1 aliphatic heterocycles. The van der Waals surface area contributed by atoms with Gasteiger partial charge in [0.05, 0.1) is 6.04 Å². The average Bonchev–Trinajstić information content (AvgIpc) is 2.37. The number of benzene rings is 1. The zero-order valence-corrected chi connectivity index (χ0v) is 11.1. The largest absolute Gasteiger partial charge is 0.508 e. The molecular formula is C14H14N2O2S. The molecule has 0 saturated heterocycles. The number of carbonyl (C=O) groups is 1. The number of thiocarbonyl (C=S) groups is 1. The summed E-state index contributed by atoms with van der Waals surface area (Å²) in [6.07, 6.45) is 2.28. The van der Waals surface area contributed by atoms with Gasteiger partial charge in [-0.25, -0.2) is 0 Å². The first kappa shape index (κ1) is 12.2. The van der Waals surface area contributed by atoms with Crippen molar-refractivity contribution in [3.63, 3.8) is 0 Å². The van der Waals surface area contributed by atoms with Crippen molar-refractivity contribution < 1.29 is 9.90 Å². The summed E-state index contributed by atoms with van der Waals surface area (Å²) in [6.45, 7) is 0. The molecule has 0 radical (unpaired) electrons.